The summed E-state index contributed by atoms with van der Waals surface area (Å²) in [4.78, 5) is 77.2. The maximum Gasteiger partial charge on any atom is 0.326 e. The van der Waals surface area contributed by atoms with Crippen molar-refractivity contribution in [1.82, 2.24) is 14.7 Å². The SMILES string of the molecule is Cc1ccc(OCCC(=O)N2CCN(C(=O)CC[C@@H](C(=O)O)N3C(=O)c4ccccc4C3=O)CC2)c([N+](=O)[O-])c1. The standard InChI is InChI=1S/C27H28N4O9/c1-17-6-8-22(21(16-17)31(38)39)40-15-10-24(33)29-13-11-28(12-14-29)23(32)9-7-20(27(36)37)30-25(34)18-4-2-3-5-19(18)26(30)35/h2-6,8,16,20H,7,9-15H2,1H3,(H,36,37)/t20-/m0/s1. The third-order valence-corrected chi connectivity index (χ3v) is 6.92. The summed E-state index contributed by atoms with van der Waals surface area (Å²) in [5.41, 5.74) is 0.805. The number of imide groups is 1. The van der Waals surface area contributed by atoms with Gasteiger partial charge in [-0.15, -0.1) is 0 Å². The lowest BCUT2D eigenvalue weighted by molar-refractivity contribution is -0.385. The minimum atomic E-state index is -1.48. The van der Waals surface area contributed by atoms with Crippen LogP contribution in [0.1, 0.15) is 45.5 Å². The molecule has 1 atom stereocenters. The molecule has 2 aliphatic heterocycles. The number of nitrogens with zero attached hydrogens (tertiary/aromatic N) is 4. The molecule has 1 saturated heterocycles. The predicted octanol–water partition coefficient (Wildman–Crippen LogP) is 1.87. The number of hydrogen-bond donors (Lipinski definition) is 1. The van der Waals surface area contributed by atoms with Gasteiger partial charge in [0.25, 0.3) is 11.8 Å². The number of amides is 4. The van der Waals surface area contributed by atoms with E-state index in [0.29, 0.717) is 10.5 Å². The molecule has 0 unspecified atom stereocenters. The van der Waals surface area contributed by atoms with Crippen LogP contribution in [0, 0.1) is 17.0 Å². The minimum Gasteiger partial charge on any atom is -0.486 e. The molecular weight excluding hydrogens is 524 g/mol. The van der Waals surface area contributed by atoms with Gasteiger partial charge in [0, 0.05) is 38.7 Å². The van der Waals surface area contributed by atoms with Gasteiger partial charge in [-0.25, -0.2) is 4.79 Å². The zero-order valence-electron chi connectivity index (χ0n) is 21.8. The zero-order valence-corrected chi connectivity index (χ0v) is 21.8. The predicted molar refractivity (Wildman–Crippen MR) is 139 cm³/mol. The number of carboxylic acid groups (broad SMARTS) is 1. The van der Waals surface area contributed by atoms with Crippen molar-refractivity contribution in [3.63, 3.8) is 0 Å². The van der Waals surface area contributed by atoms with Gasteiger partial charge in [-0.1, -0.05) is 18.2 Å². The largest absolute Gasteiger partial charge is 0.486 e. The molecule has 13 nitrogen and oxygen atoms in total. The average Bonchev–Trinajstić information content (AvgIpc) is 3.19. The summed E-state index contributed by atoms with van der Waals surface area (Å²) in [6.07, 6.45) is -0.428. The second-order valence-corrected chi connectivity index (χ2v) is 9.51. The highest BCUT2D eigenvalue weighted by Gasteiger charge is 2.43. The van der Waals surface area contributed by atoms with E-state index in [1.54, 1.807) is 30.0 Å². The molecule has 13 heteroatoms. The molecule has 4 amide bonds. The van der Waals surface area contributed by atoms with Crippen molar-refractivity contribution in [3.05, 3.63) is 69.3 Å². The molecule has 1 N–H and O–H groups in total. The quantitative estimate of drug-likeness (QED) is 0.263. The molecule has 4 rings (SSSR count). The molecule has 2 heterocycles. The van der Waals surface area contributed by atoms with Crippen LogP contribution in [0.25, 0.3) is 0 Å². The molecule has 0 aliphatic carbocycles. The maximum atomic E-state index is 12.8. The fourth-order valence-corrected chi connectivity index (χ4v) is 4.78. The van der Waals surface area contributed by atoms with Crippen molar-refractivity contribution in [3.8, 4) is 5.75 Å². The summed E-state index contributed by atoms with van der Waals surface area (Å²) in [6.45, 7) is 2.67. The Morgan fingerprint density at radius 3 is 2.02 bits per heavy atom. The van der Waals surface area contributed by atoms with Crippen molar-refractivity contribution in [2.24, 2.45) is 0 Å². The molecule has 0 saturated carbocycles. The Morgan fingerprint density at radius 2 is 1.50 bits per heavy atom. The summed E-state index contributed by atoms with van der Waals surface area (Å²) in [7, 11) is 0. The number of fused-ring (bicyclic) bond motifs is 1. The van der Waals surface area contributed by atoms with Crippen LogP contribution in [-0.2, 0) is 14.4 Å². The van der Waals surface area contributed by atoms with E-state index in [9.17, 15) is 39.2 Å². The maximum absolute atomic E-state index is 12.8. The van der Waals surface area contributed by atoms with E-state index in [-0.39, 0.29) is 86.4 Å². The van der Waals surface area contributed by atoms with Crippen molar-refractivity contribution < 1.29 is 38.7 Å². The fourth-order valence-electron chi connectivity index (χ4n) is 4.78. The molecule has 2 aromatic carbocycles. The molecule has 1 fully saturated rings. The first-order valence-electron chi connectivity index (χ1n) is 12.7. The van der Waals surface area contributed by atoms with Gasteiger partial charge in [0.2, 0.25) is 11.8 Å². The number of carbonyl (C=O) groups excluding carboxylic acids is 4. The second-order valence-electron chi connectivity index (χ2n) is 9.51. The lowest BCUT2D eigenvalue weighted by Gasteiger charge is -2.35. The summed E-state index contributed by atoms with van der Waals surface area (Å²) >= 11 is 0. The lowest BCUT2D eigenvalue weighted by Crippen LogP contribution is -2.51. The van der Waals surface area contributed by atoms with Crippen LogP contribution in [0.3, 0.4) is 0 Å². The molecule has 0 spiro atoms. The first kappa shape index (κ1) is 28.2. The van der Waals surface area contributed by atoms with Gasteiger partial charge < -0.3 is 19.6 Å². The number of piperazine rings is 1. The van der Waals surface area contributed by atoms with Crippen LogP contribution >= 0.6 is 0 Å². The van der Waals surface area contributed by atoms with E-state index in [1.165, 1.54) is 29.2 Å². The Kier molecular flexibility index (Phi) is 8.41. The highest BCUT2D eigenvalue weighted by Crippen LogP contribution is 2.28. The van der Waals surface area contributed by atoms with Gasteiger partial charge in [0.15, 0.2) is 5.75 Å². The molecule has 2 aromatic rings. The van der Waals surface area contributed by atoms with Crippen LogP contribution in [0.5, 0.6) is 5.75 Å². The van der Waals surface area contributed by atoms with E-state index >= 15 is 0 Å². The Bertz CT molecular complexity index is 1330. The molecule has 0 bridgehead atoms. The summed E-state index contributed by atoms with van der Waals surface area (Å²) in [5, 5.41) is 20.9. The van der Waals surface area contributed by atoms with Crippen molar-refractivity contribution in [2.45, 2.75) is 32.2 Å². The highest BCUT2D eigenvalue weighted by atomic mass is 16.6. The Morgan fingerprint density at radius 1 is 0.950 bits per heavy atom. The van der Waals surface area contributed by atoms with Gasteiger partial charge in [0.1, 0.15) is 6.04 Å². The Labute approximate surface area is 229 Å². The molecule has 0 aromatic heterocycles. The van der Waals surface area contributed by atoms with E-state index in [1.807, 2.05) is 0 Å². The monoisotopic (exact) mass is 552 g/mol. The van der Waals surface area contributed by atoms with Crippen LogP contribution in [0.15, 0.2) is 42.5 Å². The average molecular weight is 553 g/mol. The van der Waals surface area contributed by atoms with Crippen molar-refractivity contribution in [2.75, 3.05) is 32.8 Å². The summed E-state index contributed by atoms with van der Waals surface area (Å²) in [6, 6.07) is 9.16. The first-order chi connectivity index (χ1) is 19.1. The van der Waals surface area contributed by atoms with E-state index in [2.05, 4.69) is 0 Å². The van der Waals surface area contributed by atoms with E-state index < -0.39 is 28.7 Å². The number of carbonyl (C=O) groups is 5. The van der Waals surface area contributed by atoms with Crippen LogP contribution in [0.2, 0.25) is 0 Å². The van der Waals surface area contributed by atoms with Gasteiger partial charge in [0.05, 0.1) is 29.1 Å². The molecular formula is C27H28N4O9. The molecule has 40 heavy (non-hydrogen) atoms. The number of aliphatic carboxylic acids is 1. The number of nitro benzene ring substituents is 1. The van der Waals surface area contributed by atoms with E-state index in [4.69, 9.17) is 4.74 Å². The number of ether oxygens (including phenoxy) is 1. The lowest BCUT2D eigenvalue weighted by atomic mass is 10.1. The van der Waals surface area contributed by atoms with Gasteiger partial charge >= 0.3 is 11.7 Å². The normalized spacial score (nSPS) is 15.6. The van der Waals surface area contributed by atoms with Gasteiger partial charge in [-0.3, -0.25) is 34.2 Å². The van der Waals surface area contributed by atoms with Crippen molar-refractivity contribution in [1.29, 1.82) is 0 Å². The first-order valence-corrected chi connectivity index (χ1v) is 12.7. The van der Waals surface area contributed by atoms with Crippen LogP contribution < -0.4 is 4.74 Å². The number of benzene rings is 2. The van der Waals surface area contributed by atoms with Gasteiger partial charge in [-0.2, -0.15) is 0 Å². The minimum absolute atomic E-state index is 0.000447. The van der Waals surface area contributed by atoms with Gasteiger partial charge in [-0.05, 0) is 37.1 Å². The van der Waals surface area contributed by atoms with Crippen LogP contribution in [0.4, 0.5) is 5.69 Å². The summed E-state index contributed by atoms with van der Waals surface area (Å²) in [5.74, 6) is -3.26. The Balaban J connectivity index is 1.24. The Hall–Kier alpha value is -4.81. The third kappa shape index (κ3) is 5.92. The van der Waals surface area contributed by atoms with Crippen LogP contribution in [-0.4, -0.2) is 93.2 Å². The molecule has 2 aliphatic rings. The number of carboxylic acids is 1. The summed E-state index contributed by atoms with van der Waals surface area (Å²) < 4.78 is 5.47. The highest BCUT2D eigenvalue weighted by molar-refractivity contribution is 6.22. The number of rotatable bonds is 10. The second kappa shape index (κ2) is 11.9. The molecule has 0 radical (unpaired) electrons. The van der Waals surface area contributed by atoms with E-state index in [0.717, 1.165) is 0 Å². The number of nitro groups is 1. The zero-order chi connectivity index (χ0) is 29.0. The third-order valence-electron chi connectivity index (χ3n) is 6.92. The number of aryl methyl sites for hydroxylation is 1. The fraction of sp³-hybridized carbons (Fsp3) is 0.370. The topological polar surface area (TPSA) is 168 Å². The molecule has 210 valence electrons. The number of hydrogen-bond acceptors (Lipinski definition) is 8. The smallest absolute Gasteiger partial charge is 0.326 e. The van der Waals surface area contributed by atoms with Crippen molar-refractivity contribution >= 4 is 35.3 Å².